The number of methoxy groups -OCH3 is 1. The predicted molar refractivity (Wildman–Crippen MR) is 77.2 cm³/mol. The van der Waals surface area contributed by atoms with Crippen LogP contribution < -0.4 is 9.47 Å². The van der Waals surface area contributed by atoms with Gasteiger partial charge >= 0.3 is 0 Å². The predicted octanol–water partition coefficient (Wildman–Crippen LogP) is 3.43. The first-order valence-corrected chi connectivity index (χ1v) is 6.94. The second kappa shape index (κ2) is 5.74. The van der Waals surface area contributed by atoms with Gasteiger partial charge in [0, 0.05) is 11.5 Å². The van der Waals surface area contributed by atoms with Gasteiger partial charge in [-0.05, 0) is 30.2 Å². The van der Waals surface area contributed by atoms with Gasteiger partial charge in [0.2, 0.25) is 0 Å². The molecule has 2 aromatic rings. The van der Waals surface area contributed by atoms with E-state index in [9.17, 15) is 9.50 Å². The van der Waals surface area contributed by atoms with Crippen molar-refractivity contribution in [2.24, 2.45) is 0 Å². The molecule has 0 spiro atoms. The lowest BCUT2D eigenvalue weighted by Gasteiger charge is -2.29. The number of rotatable bonds is 3. The molecule has 0 aromatic heterocycles. The van der Waals surface area contributed by atoms with Crippen molar-refractivity contribution in [3.8, 4) is 11.5 Å². The Morgan fingerprint density at radius 1 is 1.29 bits per heavy atom. The number of aliphatic hydroxyl groups is 1. The lowest BCUT2D eigenvalue weighted by Crippen LogP contribution is -2.20. The van der Waals surface area contributed by atoms with E-state index in [1.165, 1.54) is 13.2 Å². The van der Waals surface area contributed by atoms with Crippen LogP contribution in [-0.4, -0.2) is 18.8 Å². The first-order chi connectivity index (χ1) is 10.2. The van der Waals surface area contributed by atoms with E-state index >= 15 is 0 Å². The fourth-order valence-corrected chi connectivity index (χ4v) is 2.80. The Labute approximate surface area is 122 Å². The van der Waals surface area contributed by atoms with Crippen LogP contribution in [0.5, 0.6) is 11.5 Å². The number of aliphatic hydroxyl groups excluding tert-OH is 1. The zero-order valence-electron chi connectivity index (χ0n) is 11.8. The number of halogens is 1. The third kappa shape index (κ3) is 2.59. The zero-order chi connectivity index (χ0) is 14.8. The van der Waals surface area contributed by atoms with Gasteiger partial charge in [-0.15, -0.1) is 0 Å². The van der Waals surface area contributed by atoms with Crippen LogP contribution in [0.2, 0.25) is 0 Å². The Morgan fingerprint density at radius 2 is 2.10 bits per heavy atom. The second-order valence-electron chi connectivity index (χ2n) is 5.12. The normalized spacial score (nSPS) is 18.5. The topological polar surface area (TPSA) is 38.7 Å². The number of fused-ring (bicyclic) bond motifs is 1. The van der Waals surface area contributed by atoms with Crippen molar-refractivity contribution < 1.29 is 19.0 Å². The highest BCUT2D eigenvalue weighted by Crippen LogP contribution is 2.41. The maximum absolute atomic E-state index is 13.8. The summed E-state index contributed by atoms with van der Waals surface area (Å²) in [5, 5.41) is 10.6. The molecular formula is C17H17FO3. The van der Waals surface area contributed by atoms with Crippen molar-refractivity contribution >= 4 is 0 Å². The minimum atomic E-state index is -0.768. The van der Waals surface area contributed by atoms with Gasteiger partial charge in [-0.1, -0.05) is 24.3 Å². The highest BCUT2D eigenvalue weighted by molar-refractivity contribution is 5.40. The van der Waals surface area contributed by atoms with Gasteiger partial charge in [-0.25, -0.2) is 4.39 Å². The van der Waals surface area contributed by atoms with Crippen molar-refractivity contribution in [2.45, 2.75) is 18.4 Å². The van der Waals surface area contributed by atoms with E-state index in [2.05, 4.69) is 0 Å². The molecule has 21 heavy (non-hydrogen) atoms. The summed E-state index contributed by atoms with van der Waals surface area (Å²) >= 11 is 0. The number of para-hydroxylation sites is 1. The number of benzene rings is 2. The summed E-state index contributed by atoms with van der Waals surface area (Å²) < 4.78 is 24.3. The summed E-state index contributed by atoms with van der Waals surface area (Å²) in [4.78, 5) is 0. The second-order valence-corrected chi connectivity index (χ2v) is 5.12. The molecule has 1 N–H and O–H groups in total. The van der Waals surface area contributed by atoms with Crippen LogP contribution in [0, 0.1) is 5.82 Å². The Kier molecular flexibility index (Phi) is 3.80. The standard InChI is InChI=1S/C17H17FO3/c1-20-16-7-6-11(10-14(16)18)17(19)13-8-9-21-15-5-3-2-4-12(13)15/h2-7,10,13,17,19H,8-9H2,1H3. The molecule has 1 aliphatic heterocycles. The maximum atomic E-state index is 13.8. The largest absolute Gasteiger partial charge is 0.494 e. The average molecular weight is 288 g/mol. The number of hydrogen-bond acceptors (Lipinski definition) is 3. The minimum Gasteiger partial charge on any atom is -0.494 e. The van der Waals surface area contributed by atoms with Crippen LogP contribution in [0.25, 0.3) is 0 Å². The minimum absolute atomic E-state index is 0.0947. The van der Waals surface area contributed by atoms with E-state index in [0.717, 1.165) is 11.3 Å². The van der Waals surface area contributed by atoms with Gasteiger partial charge in [0.15, 0.2) is 11.6 Å². The van der Waals surface area contributed by atoms with Crippen LogP contribution in [0.4, 0.5) is 4.39 Å². The van der Waals surface area contributed by atoms with Gasteiger partial charge in [0.25, 0.3) is 0 Å². The van der Waals surface area contributed by atoms with Crippen LogP contribution in [-0.2, 0) is 0 Å². The molecule has 2 atom stereocenters. The lowest BCUT2D eigenvalue weighted by atomic mass is 9.85. The summed E-state index contributed by atoms with van der Waals surface area (Å²) in [5.74, 6) is 0.414. The van der Waals surface area contributed by atoms with Gasteiger partial charge in [-0.2, -0.15) is 0 Å². The molecule has 0 amide bonds. The Hall–Kier alpha value is -2.07. The molecule has 4 heteroatoms. The third-order valence-corrected chi connectivity index (χ3v) is 3.90. The smallest absolute Gasteiger partial charge is 0.165 e. The van der Waals surface area contributed by atoms with Crippen LogP contribution in [0.1, 0.15) is 29.6 Å². The Balaban J connectivity index is 1.92. The molecule has 0 saturated heterocycles. The molecule has 1 heterocycles. The lowest BCUT2D eigenvalue weighted by molar-refractivity contribution is 0.117. The molecule has 3 rings (SSSR count). The van der Waals surface area contributed by atoms with Gasteiger partial charge in [0.1, 0.15) is 5.75 Å². The van der Waals surface area contributed by atoms with Crippen molar-refractivity contribution in [1.29, 1.82) is 0 Å². The Bertz CT molecular complexity index is 642. The molecule has 2 unspecified atom stereocenters. The first-order valence-electron chi connectivity index (χ1n) is 6.94. The highest BCUT2D eigenvalue weighted by Gasteiger charge is 2.29. The summed E-state index contributed by atoms with van der Waals surface area (Å²) in [6.07, 6.45) is -0.0679. The van der Waals surface area contributed by atoms with Crippen LogP contribution >= 0.6 is 0 Å². The van der Waals surface area contributed by atoms with Crippen molar-refractivity contribution in [3.05, 3.63) is 59.4 Å². The quantitative estimate of drug-likeness (QED) is 0.940. The molecule has 2 aromatic carbocycles. The maximum Gasteiger partial charge on any atom is 0.165 e. The molecule has 0 bridgehead atoms. The van der Waals surface area contributed by atoms with E-state index < -0.39 is 11.9 Å². The zero-order valence-corrected chi connectivity index (χ0v) is 11.8. The summed E-state index contributed by atoms with van der Waals surface area (Å²) in [7, 11) is 1.42. The summed E-state index contributed by atoms with van der Waals surface area (Å²) in [5.41, 5.74) is 1.52. The first kappa shape index (κ1) is 13.9. The molecule has 1 aliphatic rings. The third-order valence-electron chi connectivity index (χ3n) is 3.90. The van der Waals surface area contributed by atoms with Gasteiger partial charge in [0.05, 0.1) is 19.8 Å². The van der Waals surface area contributed by atoms with E-state index in [4.69, 9.17) is 9.47 Å². The molecular weight excluding hydrogens is 271 g/mol. The van der Waals surface area contributed by atoms with Crippen molar-refractivity contribution in [1.82, 2.24) is 0 Å². The van der Waals surface area contributed by atoms with E-state index in [-0.39, 0.29) is 11.7 Å². The molecule has 0 aliphatic carbocycles. The molecule has 3 nitrogen and oxygen atoms in total. The van der Waals surface area contributed by atoms with Crippen LogP contribution in [0.15, 0.2) is 42.5 Å². The summed E-state index contributed by atoms with van der Waals surface area (Å²) in [6.45, 7) is 0.553. The van der Waals surface area contributed by atoms with E-state index in [0.29, 0.717) is 18.6 Å². The molecule has 0 saturated carbocycles. The van der Waals surface area contributed by atoms with Crippen molar-refractivity contribution in [2.75, 3.05) is 13.7 Å². The van der Waals surface area contributed by atoms with E-state index in [1.807, 2.05) is 24.3 Å². The summed E-state index contributed by atoms with van der Waals surface area (Å²) in [6, 6.07) is 12.2. The van der Waals surface area contributed by atoms with Gasteiger partial charge in [-0.3, -0.25) is 0 Å². The fraction of sp³-hybridized carbons (Fsp3) is 0.294. The van der Waals surface area contributed by atoms with Crippen LogP contribution in [0.3, 0.4) is 0 Å². The molecule has 0 fully saturated rings. The van der Waals surface area contributed by atoms with Crippen molar-refractivity contribution in [3.63, 3.8) is 0 Å². The average Bonchev–Trinajstić information content (AvgIpc) is 2.53. The van der Waals surface area contributed by atoms with E-state index in [1.54, 1.807) is 12.1 Å². The monoisotopic (exact) mass is 288 g/mol. The highest BCUT2D eigenvalue weighted by atomic mass is 19.1. The number of ether oxygens (including phenoxy) is 2. The number of hydrogen-bond donors (Lipinski definition) is 1. The van der Waals surface area contributed by atoms with Gasteiger partial charge < -0.3 is 14.6 Å². The molecule has 0 radical (unpaired) electrons. The SMILES string of the molecule is COc1ccc(C(O)C2CCOc3ccccc32)cc1F. The fourth-order valence-electron chi connectivity index (χ4n) is 2.80. The Morgan fingerprint density at radius 3 is 2.86 bits per heavy atom. The molecule has 110 valence electrons.